The molecule has 0 aromatic carbocycles. The van der Waals surface area contributed by atoms with Crippen LogP contribution in [0.2, 0.25) is 0 Å². The third kappa shape index (κ3) is 54.7. The highest BCUT2D eigenvalue weighted by molar-refractivity contribution is 7.45. The number of nitrogens with one attached hydrogen (secondary N) is 1. The van der Waals surface area contributed by atoms with Gasteiger partial charge in [-0.1, -0.05) is 245 Å². The van der Waals surface area contributed by atoms with E-state index in [0.29, 0.717) is 30.3 Å². The summed E-state index contributed by atoms with van der Waals surface area (Å²) < 4.78 is 23.4. The van der Waals surface area contributed by atoms with E-state index in [2.05, 4.69) is 141 Å². The number of likely N-dealkylation sites (N-methyl/N-ethyl adjacent to an activating group) is 1. The lowest BCUT2D eigenvalue weighted by Gasteiger charge is -2.30. The zero-order valence-electron chi connectivity index (χ0n) is 46.8. The van der Waals surface area contributed by atoms with Gasteiger partial charge in [-0.25, -0.2) is 0 Å². The van der Waals surface area contributed by atoms with Gasteiger partial charge in [-0.05, 0) is 89.9 Å². The second kappa shape index (κ2) is 52.8. The lowest BCUT2D eigenvalue weighted by molar-refractivity contribution is -0.870. The Kier molecular flexibility index (Phi) is 50.5. The Bertz CT molecular complexity index is 1580. The number of rotatable bonds is 51. The van der Waals surface area contributed by atoms with Gasteiger partial charge in [0.1, 0.15) is 13.2 Å². The number of allylic oxidation sites excluding steroid dienone is 20. The van der Waals surface area contributed by atoms with E-state index in [4.69, 9.17) is 9.05 Å². The fourth-order valence-electron chi connectivity index (χ4n) is 7.71. The molecular formula is C63H109N2O6P. The Morgan fingerprint density at radius 1 is 0.500 bits per heavy atom. The topological polar surface area (TPSA) is 108 Å². The van der Waals surface area contributed by atoms with Gasteiger partial charge >= 0.3 is 0 Å². The Hall–Kier alpha value is -3.10. The summed E-state index contributed by atoms with van der Waals surface area (Å²) in [5.74, 6) is -0.211. The summed E-state index contributed by atoms with van der Waals surface area (Å²) in [4.78, 5) is 25.5. The van der Waals surface area contributed by atoms with Gasteiger partial charge in [-0.3, -0.25) is 9.36 Å². The maximum Gasteiger partial charge on any atom is 0.268 e. The van der Waals surface area contributed by atoms with Crippen LogP contribution in [-0.2, 0) is 18.4 Å². The molecule has 0 aliphatic rings. The number of phosphoric ester groups is 1. The average Bonchev–Trinajstić information content (AvgIpc) is 3.34. The van der Waals surface area contributed by atoms with Gasteiger partial charge < -0.3 is 28.8 Å². The van der Waals surface area contributed by atoms with Crippen LogP contribution in [0.25, 0.3) is 0 Å². The zero-order valence-corrected chi connectivity index (χ0v) is 47.7. The molecule has 2 N–H and O–H groups in total. The molecule has 0 aliphatic heterocycles. The molecule has 0 aromatic rings. The first-order valence-electron chi connectivity index (χ1n) is 28.9. The van der Waals surface area contributed by atoms with Crippen LogP contribution >= 0.6 is 7.82 Å². The van der Waals surface area contributed by atoms with Crippen LogP contribution in [0.3, 0.4) is 0 Å². The van der Waals surface area contributed by atoms with Crippen LogP contribution in [0, 0.1) is 0 Å². The van der Waals surface area contributed by atoms with E-state index in [0.717, 1.165) is 96.3 Å². The first-order chi connectivity index (χ1) is 35.0. The fraction of sp³-hybridized carbons (Fsp3) is 0.667. The monoisotopic (exact) mass is 1020 g/mol. The Morgan fingerprint density at radius 2 is 0.847 bits per heavy atom. The highest BCUT2D eigenvalue weighted by atomic mass is 31.2. The van der Waals surface area contributed by atoms with E-state index in [1.54, 1.807) is 0 Å². The van der Waals surface area contributed by atoms with Gasteiger partial charge in [0.25, 0.3) is 7.82 Å². The van der Waals surface area contributed by atoms with Crippen molar-refractivity contribution in [1.82, 2.24) is 5.32 Å². The number of nitrogens with zero attached hydrogens (tertiary/aromatic N) is 1. The highest BCUT2D eigenvalue weighted by Crippen LogP contribution is 2.38. The van der Waals surface area contributed by atoms with E-state index in [9.17, 15) is 19.4 Å². The van der Waals surface area contributed by atoms with Gasteiger partial charge in [0, 0.05) is 6.42 Å². The number of aliphatic hydroxyl groups excluding tert-OH is 1. The lowest BCUT2D eigenvalue weighted by Crippen LogP contribution is -2.46. The molecule has 0 rings (SSSR count). The van der Waals surface area contributed by atoms with E-state index in [1.807, 2.05) is 21.1 Å². The maximum atomic E-state index is 13.0. The Balaban J connectivity index is 4.30. The molecule has 0 aromatic heterocycles. The van der Waals surface area contributed by atoms with Crippen molar-refractivity contribution in [1.29, 1.82) is 0 Å². The maximum absolute atomic E-state index is 13.0. The Morgan fingerprint density at radius 3 is 1.21 bits per heavy atom. The SMILES string of the molecule is CC/C=C\C/C=C\C/C=C\C/C=C\C/C=C\C/C=C\C/C=C\C/C=C\C/C=C\C/C=C\CCCCC(=O)NC(COP(=O)([O-])OCC[N+](C)(C)C)C(O)CCCCCCCCCCCCCCCCCCC. The molecule has 0 spiro atoms. The van der Waals surface area contributed by atoms with Crippen molar-refractivity contribution in [3.8, 4) is 0 Å². The van der Waals surface area contributed by atoms with Crippen molar-refractivity contribution < 1.29 is 32.9 Å². The summed E-state index contributed by atoms with van der Waals surface area (Å²) >= 11 is 0. The first kappa shape index (κ1) is 68.9. The summed E-state index contributed by atoms with van der Waals surface area (Å²) in [6, 6.07) is -0.833. The van der Waals surface area contributed by atoms with E-state index < -0.39 is 20.0 Å². The normalized spacial score (nSPS) is 14.8. The van der Waals surface area contributed by atoms with E-state index in [1.165, 1.54) is 89.9 Å². The molecule has 3 unspecified atom stereocenters. The van der Waals surface area contributed by atoms with Crippen LogP contribution in [-0.4, -0.2) is 68.5 Å². The first-order valence-corrected chi connectivity index (χ1v) is 30.3. The molecular weight excluding hydrogens is 912 g/mol. The standard InChI is InChI=1S/C63H109N2O6P/c1-6-8-10-12-14-16-18-20-22-24-25-26-27-28-29-30-31-32-33-34-35-36-37-38-39-41-43-45-47-49-51-53-55-57-63(67)64-61(60-71-72(68,69)70-59-58-65(3,4)5)62(66)56-54-52-50-48-46-44-42-40-23-21-19-17-15-13-11-9-7-2/h8,10,14,16,20,22,25-26,28-29,31-32,34-35,37-38,41,43,47,49,61-62,66H,6-7,9,11-13,15,17-19,21,23-24,27,30,33,36,39-40,42,44-46,48,50-60H2,1-5H3,(H-,64,67,68,69)/b10-8-,16-14-,22-20-,26-25-,29-28-,32-31-,35-34-,38-37-,43-41-,49-47-. The van der Waals surface area contributed by atoms with Crippen LogP contribution in [0.4, 0.5) is 0 Å². The summed E-state index contributed by atoms with van der Waals surface area (Å²) in [5, 5.41) is 14.0. The van der Waals surface area contributed by atoms with Crippen LogP contribution < -0.4 is 10.2 Å². The number of carbonyl (C=O) groups is 1. The minimum absolute atomic E-state index is 0.00304. The summed E-state index contributed by atoms with van der Waals surface area (Å²) in [5.41, 5.74) is 0. The van der Waals surface area contributed by atoms with Gasteiger partial charge in [-0.2, -0.15) is 0 Å². The fourth-order valence-corrected chi connectivity index (χ4v) is 8.44. The molecule has 0 aliphatic carbocycles. The molecule has 1 amide bonds. The van der Waals surface area contributed by atoms with Gasteiger partial charge in [-0.15, -0.1) is 0 Å². The van der Waals surface area contributed by atoms with Crippen molar-refractivity contribution in [2.24, 2.45) is 0 Å². The molecule has 0 saturated heterocycles. The number of aliphatic hydroxyl groups is 1. The summed E-state index contributed by atoms with van der Waals surface area (Å²) in [7, 11) is 1.26. The summed E-state index contributed by atoms with van der Waals surface area (Å²) in [6.07, 6.45) is 78.0. The predicted molar refractivity (Wildman–Crippen MR) is 311 cm³/mol. The van der Waals surface area contributed by atoms with Crippen molar-refractivity contribution >= 4 is 13.7 Å². The van der Waals surface area contributed by atoms with Crippen molar-refractivity contribution in [3.63, 3.8) is 0 Å². The number of hydrogen-bond donors (Lipinski definition) is 2. The molecule has 0 saturated carbocycles. The molecule has 8 nitrogen and oxygen atoms in total. The number of unbranched alkanes of at least 4 members (excludes halogenated alkanes) is 18. The van der Waals surface area contributed by atoms with Crippen LogP contribution in [0.5, 0.6) is 0 Å². The van der Waals surface area contributed by atoms with Crippen molar-refractivity contribution in [2.45, 2.75) is 231 Å². The largest absolute Gasteiger partial charge is 0.756 e. The number of phosphoric acid groups is 1. The number of carbonyl (C=O) groups excluding carboxylic acids is 1. The third-order valence-corrected chi connectivity index (χ3v) is 13.2. The van der Waals surface area contributed by atoms with Gasteiger partial charge in [0.2, 0.25) is 5.91 Å². The third-order valence-electron chi connectivity index (χ3n) is 12.2. The molecule has 0 radical (unpaired) electrons. The molecule has 72 heavy (non-hydrogen) atoms. The molecule has 0 fully saturated rings. The second-order valence-electron chi connectivity index (χ2n) is 20.3. The quantitative estimate of drug-likeness (QED) is 0.0272. The van der Waals surface area contributed by atoms with E-state index >= 15 is 0 Å². The summed E-state index contributed by atoms with van der Waals surface area (Å²) in [6.45, 7) is 4.57. The minimum atomic E-state index is -4.59. The van der Waals surface area contributed by atoms with Gasteiger partial charge in [0.15, 0.2) is 0 Å². The number of quaternary nitrogens is 1. The number of amides is 1. The molecule has 9 heteroatoms. The molecule has 0 bridgehead atoms. The highest BCUT2D eigenvalue weighted by Gasteiger charge is 2.24. The lowest BCUT2D eigenvalue weighted by atomic mass is 10.0. The van der Waals surface area contributed by atoms with Crippen LogP contribution in [0.1, 0.15) is 219 Å². The smallest absolute Gasteiger partial charge is 0.268 e. The van der Waals surface area contributed by atoms with E-state index in [-0.39, 0.29) is 19.1 Å². The average molecular weight is 1020 g/mol. The molecule has 3 atom stereocenters. The molecule has 412 valence electrons. The van der Waals surface area contributed by atoms with Crippen molar-refractivity contribution in [3.05, 3.63) is 122 Å². The van der Waals surface area contributed by atoms with Gasteiger partial charge in [0.05, 0.1) is 39.9 Å². The predicted octanol–water partition coefficient (Wildman–Crippen LogP) is 17.1. The number of hydrogen-bond acceptors (Lipinski definition) is 6. The molecule has 0 heterocycles. The second-order valence-corrected chi connectivity index (χ2v) is 21.7. The zero-order chi connectivity index (χ0) is 52.7. The minimum Gasteiger partial charge on any atom is -0.756 e. The van der Waals surface area contributed by atoms with Crippen molar-refractivity contribution in [2.75, 3.05) is 40.9 Å². The Labute approximate surface area is 444 Å². The van der Waals surface area contributed by atoms with Crippen LogP contribution in [0.15, 0.2) is 122 Å².